The Morgan fingerprint density at radius 1 is 1.35 bits per heavy atom. The first kappa shape index (κ1) is 14.9. The van der Waals surface area contributed by atoms with Gasteiger partial charge in [-0.2, -0.15) is 9.40 Å². The maximum atomic E-state index is 12.2. The van der Waals surface area contributed by atoms with E-state index in [1.54, 1.807) is 14.1 Å². The molecule has 1 aromatic rings. The molecular formula is C11H19N5O3S. The fourth-order valence-electron chi connectivity index (χ4n) is 1.99. The Morgan fingerprint density at radius 2 is 2.00 bits per heavy atom. The van der Waals surface area contributed by atoms with Crippen LogP contribution in [0.3, 0.4) is 0 Å². The molecule has 0 bridgehead atoms. The Hall–Kier alpha value is -1.45. The number of hydrogen-bond acceptors (Lipinski definition) is 5. The fourth-order valence-corrected chi connectivity index (χ4v) is 3.31. The molecule has 20 heavy (non-hydrogen) atoms. The lowest BCUT2D eigenvalue weighted by Gasteiger charge is -2.33. The summed E-state index contributed by atoms with van der Waals surface area (Å²) < 4.78 is 25.9. The van der Waals surface area contributed by atoms with Gasteiger partial charge in [0.2, 0.25) is 5.91 Å². The van der Waals surface area contributed by atoms with Gasteiger partial charge in [-0.3, -0.25) is 14.8 Å². The molecule has 1 saturated heterocycles. The zero-order valence-electron chi connectivity index (χ0n) is 11.6. The molecular weight excluding hydrogens is 282 g/mol. The summed E-state index contributed by atoms with van der Waals surface area (Å²) in [5.74, 6) is 0.0230. The monoisotopic (exact) mass is 301 g/mol. The van der Waals surface area contributed by atoms with Crippen molar-refractivity contribution < 1.29 is 13.2 Å². The highest BCUT2D eigenvalue weighted by molar-refractivity contribution is 7.89. The van der Waals surface area contributed by atoms with Crippen LogP contribution < -0.4 is 0 Å². The summed E-state index contributed by atoms with van der Waals surface area (Å²) in [6, 6.07) is 1.44. The van der Waals surface area contributed by atoms with E-state index in [-0.39, 0.29) is 10.9 Å². The van der Waals surface area contributed by atoms with Gasteiger partial charge in [0.1, 0.15) is 0 Å². The Morgan fingerprint density at radius 3 is 2.50 bits per heavy atom. The molecule has 1 amide bonds. The van der Waals surface area contributed by atoms with Crippen LogP contribution in [0.1, 0.15) is 0 Å². The summed E-state index contributed by atoms with van der Waals surface area (Å²) in [6.07, 6.45) is 1.42. The van der Waals surface area contributed by atoms with Crippen molar-refractivity contribution in [2.45, 2.75) is 5.03 Å². The molecule has 1 aliphatic heterocycles. The molecule has 9 heteroatoms. The summed E-state index contributed by atoms with van der Waals surface area (Å²) in [5.41, 5.74) is 0. The summed E-state index contributed by atoms with van der Waals surface area (Å²) in [7, 11) is -0.0745. The number of aromatic nitrogens is 2. The molecule has 1 aliphatic rings. The molecule has 1 N–H and O–H groups in total. The third-order valence-corrected chi connectivity index (χ3v) is 5.11. The lowest BCUT2D eigenvalue weighted by molar-refractivity contribution is -0.130. The maximum absolute atomic E-state index is 12.2. The number of aromatic amines is 1. The Balaban J connectivity index is 1.93. The first-order valence-corrected chi connectivity index (χ1v) is 7.77. The zero-order valence-corrected chi connectivity index (χ0v) is 12.4. The average Bonchev–Trinajstić information content (AvgIpc) is 2.93. The van der Waals surface area contributed by atoms with Crippen LogP contribution in [0.15, 0.2) is 17.3 Å². The standard InChI is InChI=1S/C11H19N5O3S/c1-14(2)11(17)9-15-5-7-16(8-6-15)20(18,19)10-3-4-12-13-10/h3-4H,5-9H2,1-2H3,(H,12,13). The van der Waals surface area contributed by atoms with Crippen LogP contribution in [0.25, 0.3) is 0 Å². The minimum Gasteiger partial charge on any atom is -0.348 e. The predicted molar refractivity (Wildman–Crippen MR) is 72.5 cm³/mol. The lowest BCUT2D eigenvalue weighted by atomic mass is 10.3. The number of sulfonamides is 1. The molecule has 0 atom stereocenters. The van der Waals surface area contributed by atoms with Gasteiger partial charge in [0.05, 0.1) is 12.7 Å². The number of piperazine rings is 1. The minimum absolute atomic E-state index is 0.0230. The molecule has 0 aliphatic carbocycles. The van der Waals surface area contributed by atoms with Crippen LogP contribution >= 0.6 is 0 Å². The van der Waals surface area contributed by atoms with Gasteiger partial charge in [-0.1, -0.05) is 0 Å². The summed E-state index contributed by atoms with van der Waals surface area (Å²) in [6.45, 7) is 2.18. The van der Waals surface area contributed by atoms with Crippen molar-refractivity contribution in [3.05, 3.63) is 12.3 Å². The molecule has 2 heterocycles. The Kier molecular flexibility index (Phi) is 4.41. The van der Waals surface area contributed by atoms with Gasteiger partial charge in [0, 0.05) is 40.3 Å². The summed E-state index contributed by atoms with van der Waals surface area (Å²) in [4.78, 5) is 15.1. The van der Waals surface area contributed by atoms with Crippen LogP contribution in [0.4, 0.5) is 0 Å². The SMILES string of the molecule is CN(C)C(=O)CN1CCN(S(=O)(=O)c2ccn[nH]2)CC1. The molecule has 0 saturated carbocycles. The second-order valence-corrected chi connectivity index (χ2v) is 6.80. The highest BCUT2D eigenvalue weighted by Gasteiger charge is 2.29. The van der Waals surface area contributed by atoms with Gasteiger partial charge in [-0.25, -0.2) is 8.42 Å². The van der Waals surface area contributed by atoms with E-state index in [0.29, 0.717) is 32.7 Å². The maximum Gasteiger partial charge on any atom is 0.260 e. The van der Waals surface area contributed by atoms with Crippen molar-refractivity contribution in [1.82, 2.24) is 24.3 Å². The third kappa shape index (κ3) is 3.17. The second kappa shape index (κ2) is 5.90. The van der Waals surface area contributed by atoms with E-state index in [9.17, 15) is 13.2 Å². The minimum atomic E-state index is -3.49. The smallest absolute Gasteiger partial charge is 0.260 e. The van der Waals surface area contributed by atoms with Crippen molar-refractivity contribution in [2.75, 3.05) is 46.8 Å². The Labute approximate surface area is 118 Å². The molecule has 1 aromatic heterocycles. The zero-order chi connectivity index (χ0) is 14.8. The van der Waals surface area contributed by atoms with Crippen LogP contribution in [0.5, 0.6) is 0 Å². The van der Waals surface area contributed by atoms with E-state index in [4.69, 9.17) is 0 Å². The molecule has 8 nitrogen and oxygen atoms in total. The van der Waals surface area contributed by atoms with Crippen LogP contribution in [-0.4, -0.2) is 85.4 Å². The highest BCUT2D eigenvalue weighted by atomic mass is 32.2. The molecule has 0 unspecified atom stereocenters. The van der Waals surface area contributed by atoms with E-state index in [2.05, 4.69) is 10.2 Å². The van der Waals surface area contributed by atoms with E-state index in [1.807, 2.05) is 4.90 Å². The number of H-pyrrole nitrogens is 1. The first-order valence-electron chi connectivity index (χ1n) is 6.33. The number of hydrogen-bond donors (Lipinski definition) is 1. The van der Waals surface area contributed by atoms with Crippen LogP contribution in [-0.2, 0) is 14.8 Å². The molecule has 0 spiro atoms. The topological polar surface area (TPSA) is 89.6 Å². The largest absolute Gasteiger partial charge is 0.348 e. The first-order chi connectivity index (χ1) is 9.41. The van der Waals surface area contributed by atoms with Crippen molar-refractivity contribution in [3.63, 3.8) is 0 Å². The number of nitrogens with zero attached hydrogens (tertiary/aromatic N) is 4. The van der Waals surface area contributed by atoms with E-state index in [1.165, 1.54) is 21.5 Å². The number of nitrogens with one attached hydrogen (secondary N) is 1. The summed E-state index contributed by atoms with van der Waals surface area (Å²) in [5, 5.41) is 6.25. The van der Waals surface area contributed by atoms with Gasteiger partial charge in [-0.15, -0.1) is 0 Å². The van der Waals surface area contributed by atoms with Crippen LogP contribution in [0, 0.1) is 0 Å². The predicted octanol–water partition coefficient (Wildman–Crippen LogP) is -1.20. The number of carbonyl (C=O) groups excluding carboxylic acids is 1. The van der Waals surface area contributed by atoms with Gasteiger partial charge in [0.25, 0.3) is 10.0 Å². The normalized spacial score (nSPS) is 18.1. The number of carbonyl (C=O) groups is 1. The third-order valence-electron chi connectivity index (χ3n) is 3.28. The fraction of sp³-hybridized carbons (Fsp3) is 0.636. The van der Waals surface area contributed by atoms with Crippen molar-refractivity contribution in [3.8, 4) is 0 Å². The number of amides is 1. The molecule has 1 fully saturated rings. The molecule has 2 rings (SSSR count). The summed E-state index contributed by atoms with van der Waals surface area (Å²) >= 11 is 0. The average molecular weight is 301 g/mol. The van der Waals surface area contributed by atoms with Crippen molar-refractivity contribution >= 4 is 15.9 Å². The quantitative estimate of drug-likeness (QED) is 0.755. The second-order valence-electron chi connectivity index (χ2n) is 4.89. The lowest BCUT2D eigenvalue weighted by Crippen LogP contribution is -2.50. The van der Waals surface area contributed by atoms with Crippen LogP contribution in [0.2, 0.25) is 0 Å². The van der Waals surface area contributed by atoms with Crippen molar-refractivity contribution in [2.24, 2.45) is 0 Å². The van der Waals surface area contributed by atoms with Gasteiger partial charge < -0.3 is 4.90 Å². The van der Waals surface area contributed by atoms with E-state index in [0.717, 1.165) is 0 Å². The van der Waals surface area contributed by atoms with Gasteiger partial charge in [-0.05, 0) is 6.07 Å². The van der Waals surface area contributed by atoms with Crippen molar-refractivity contribution in [1.29, 1.82) is 0 Å². The highest BCUT2D eigenvalue weighted by Crippen LogP contribution is 2.14. The molecule has 112 valence electrons. The van der Waals surface area contributed by atoms with Gasteiger partial charge in [0.15, 0.2) is 5.03 Å². The molecule has 0 radical (unpaired) electrons. The van der Waals surface area contributed by atoms with Gasteiger partial charge >= 0.3 is 0 Å². The number of rotatable bonds is 4. The van der Waals surface area contributed by atoms with E-state index >= 15 is 0 Å². The van der Waals surface area contributed by atoms with E-state index < -0.39 is 10.0 Å². The Bertz CT molecular complexity index is 547. The number of likely N-dealkylation sites (N-methyl/N-ethyl adjacent to an activating group) is 1. The molecule has 0 aromatic carbocycles.